The van der Waals surface area contributed by atoms with Crippen molar-refractivity contribution in [3.63, 3.8) is 0 Å². The molecule has 50 heavy (non-hydrogen) atoms. The highest BCUT2D eigenvalue weighted by molar-refractivity contribution is 6.52. The first-order chi connectivity index (χ1) is 23.7. The standard InChI is InChI=1S/C33H46Cl2N10O5/c34-25(27(46)23(13-7-15-42-32(38)39)44-30(49)21(36)17-19-9-3-1-4-10-19)29(48)26(35)28(47)24(14-8-16-43-33(40)41)45-31(50)22(37)18-20-11-5-2-6-12-20/h1-6,9-12,21-26H,7-8,13-18,36-37H2,(H,44,49)(H,45,50)(H4,38,39,42)(H4,40,41,43)/t21-,22-,23-,24-,25?,26?/m0/s1. The molecular weight excluding hydrogens is 687 g/mol. The van der Waals surface area contributed by atoms with Crippen molar-refractivity contribution in [2.24, 2.45) is 44.4 Å². The van der Waals surface area contributed by atoms with Gasteiger partial charge in [0.1, 0.15) is 0 Å². The van der Waals surface area contributed by atoms with Gasteiger partial charge in [0.05, 0.1) is 24.2 Å². The van der Waals surface area contributed by atoms with Gasteiger partial charge in [-0.25, -0.2) is 0 Å². The highest BCUT2D eigenvalue weighted by Gasteiger charge is 2.40. The molecule has 0 fully saturated rings. The van der Waals surface area contributed by atoms with Crippen LogP contribution in [0, 0.1) is 0 Å². The number of nitrogens with one attached hydrogen (secondary N) is 2. The Labute approximate surface area is 300 Å². The normalized spacial score (nSPS) is 14.5. The maximum Gasteiger partial charge on any atom is 0.237 e. The molecule has 0 aromatic heterocycles. The molecule has 0 saturated heterocycles. The Morgan fingerprint density at radius 2 is 0.920 bits per heavy atom. The SMILES string of the molecule is NC(N)=NCCC[C@H](NC(=O)[C@@H](N)Cc1ccccc1)C(=O)C(Cl)C(=O)C(Cl)C(=O)[C@H](CCCN=C(N)N)NC(=O)[C@@H](N)Cc1ccccc1. The van der Waals surface area contributed by atoms with E-state index in [-0.39, 0.29) is 63.5 Å². The van der Waals surface area contributed by atoms with Gasteiger partial charge in [0.25, 0.3) is 0 Å². The molecule has 0 saturated carbocycles. The third kappa shape index (κ3) is 14.5. The van der Waals surface area contributed by atoms with Gasteiger partial charge in [-0.1, -0.05) is 60.7 Å². The van der Waals surface area contributed by atoms with Gasteiger partial charge < -0.3 is 45.0 Å². The second-order valence-electron chi connectivity index (χ2n) is 11.5. The number of guanidine groups is 2. The lowest BCUT2D eigenvalue weighted by Crippen LogP contribution is -2.54. The van der Waals surface area contributed by atoms with Crippen LogP contribution in [-0.2, 0) is 36.8 Å². The molecule has 0 aliphatic carbocycles. The summed E-state index contributed by atoms with van der Waals surface area (Å²) in [7, 11) is 0. The van der Waals surface area contributed by atoms with Gasteiger partial charge in [0, 0.05) is 13.1 Å². The number of benzene rings is 2. The molecule has 6 atom stereocenters. The summed E-state index contributed by atoms with van der Waals surface area (Å²) >= 11 is 12.7. The van der Waals surface area contributed by atoms with Crippen molar-refractivity contribution in [3.05, 3.63) is 71.8 Å². The summed E-state index contributed by atoms with van der Waals surface area (Å²) in [5.41, 5.74) is 35.3. The summed E-state index contributed by atoms with van der Waals surface area (Å²) in [5, 5.41) is 1.23. The molecule has 15 nitrogen and oxygen atoms in total. The van der Waals surface area contributed by atoms with Crippen molar-refractivity contribution >= 4 is 64.3 Å². The molecule has 2 aromatic rings. The molecule has 0 spiro atoms. The van der Waals surface area contributed by atoms with Crippen LogP contribution in [0.1, 0.15) is 36.8 Å². The van der Waals surface area contributed by atoms with E-state index in [1.54, 1.807) is 48.5 Å². The largest absolute Gasteiger partial charge is 0.370 e. The predicted molar refractivity (Wildman–Crippen MR) is 194 cm³/mol. The van der Waals surface area contributed by atoms with Crippen LogP contribution in [0.2, 0.25) is 0 Å². The number of carbonyl (C=O) groups is 5. The topological polar surface area (TPSA) is 290 Å². The lowest BCUT2D eigenvalue weighted by Gasteiger charge is -2.24. The predicted octanol–water partition coefficient (Wildman–Crippen LogP) is -0.875. The number of carbonyl (C=O) groups excluding carboxylic acids is 5. The van der Waals surface area contributed by atoms with Crippen LogP contribution in [0.3, 0.4) is 0 Å². The number of hydrogen-bond donors (Lipinski definition) is 8. The van der Waals surface area contributed by atoms with Gasteiger partial charge in [0.15, 0.2) is 40.0 Å². The molecule has 14 N–H and O–H groups in total. The zero-order valence-corrected chi connectivity index (χ0v) is 29.1. The van der Waals surface area contributed by atoms with Crippen LogP contribution >= 0.6 is 23.2 Å². The van der Waals surface area contributed by atoms with Gasteiger partial charge in [-0.3, -0.25) is 34.0 Å². The molecule has 2 amide bonds. The molecule has 0 radical (unpaired) electrons. The zero-order chi connectivity index (χ0) is 37.2. The van der Waals surface area contributed by atoms with E-state index >= 15 is 0 Å². The van der Waals surface area contributed by atoms with Crippen LogP contribution in [0.4, 0.5) is 0 Å². The van der Waals surface area contributed by atoms with Gasteiger partial charge in [-0.2, -0.15) is 0 Å². The average molecular weight is 734 g/mol. The van der Waals surface area contributed by atoms with E-state index in [1.165, 1.54) is 0 Å². The highest BCUT2D eigenvalue weighted by atomic mass is 35.5. The van der Waals surface area contributed by atoms with Crippen molar-refractivity contribution < 1.29 is 24.0 Å². The third-order valence-corrected chi connectivity index (χ3v) is 8.34. The minimum atomic E-state index is -1.95. The maximum absolute atomic E-state index is 13.6. The van der Waals surface area contributed by atoms with E-state index in [0.29, 0.717) is 0 Å². The quantitative estimate of drug-likeness (QED) is 0.0242. The number of Topliss-reactive ketones (excluding diaryl/α,β-unsaturated/α-hetero) is 3. The first-order valence-electron chi connectivity index (χ1n) is 15.9. The van der Waals surface area contributed by atoms with E-state index in [2.05, 4.69) is 20.6 Å². The van der Waals surface area contributed by atoms with E-state index < -0.39 is 64.1 Å². The van der Waals surface area contributed by atoms with E-state index in [9.17, 15) is 24.0 Å². The molecular formula is C33H46Cl2N10O5. The smallest absolute Gasteiger partial charge is 0.237 e. The number of ketones is 3. The molecule has 2 unspecified atom stereocenters. The van der Waals surface area contributed by atoms with Crippen LogP contribution in [0.15, 0.2) is 70.6 Å². The molecule has 0 aliphatic heterocycles. The number of nitrogens with zero attached hydrogens (tertiary/aromatic N) is 2. The Hall–Kier alpha value is -4.57. The summed E-state index contributed by atoms with van der Waals surface area (Å²) in [6.07, 6.45) is 0.759. The van der Waals surface area contributed by atoms with Crippen molar-refractivity contribution in [1.29, 1.82) is 0 Å². The number of amides is 2. The summed E-state index contributed by atoms with van der Waals surface area (Å²) in [4.78, 5) is 74.3. The van der Waals surface area contributed by atoms with Crippen LogP contribution in [-0.4, -0.2) is 89.1 Å². The highest BCUT2D eigenvalue weighted by Crippen LogP contribution is 2.17. The Bertz CT molecular complexity index is 1380. The Balaban J connectivity index is 2.20. The van der Waals surface area contributed by atoms with Crippen LogP contribution in [0.5, 0.6) is 0 Å². The first kappa shape index (κ1) is 41.6. The molecule has 0 bridgehead atoms. The second kappa shape index (κ2) is 21.5. The van der Waals surface area contributed by atoms with Crippen molar-refractivity contribution in [3.8, 4) is 0 Å². The van der Waals surface area contributed by atoms with E-state index in [1.807, 2.05) is 12.1 Å². The van der Waals surface area contributed by atoms with Crippen molar-refractivity contribution in [2.75, 3.05) is 13.1 Å². The summed E-state index contributed by atoms with van der Waals surface area (Å²) in [5.74, 6) is -4.65. The molecule has 272 valence electrons. The lowest BCUT2D eigenvalue weighted by atomic mass is 9.95. The fourth-order valence-electron chi connectivity index (χ4n) is 4.82. The van der Waals surface area contributed by atoms with Crippen LogP contribution in [0.25, 0.3) is 0 Å². The first-order valence-corrected chi connectivity index (χ1v) is 16.8. The number of alkyl halides is 2. The van der Waals surface area contributed by atoms with Crippen molar-refractivity contribution in [2.45, 2.75) is 73.4 Å². The van der Waals surface area contributed by atoms with Gasteiger partial charge in [-0.15, -0.1) is 23.2 Å². The number of rotatable bonds is 22. The monoisotopic (exact) mass is 732 g/mol. The Morgan fingerprint density at radius 1 is 0.580 bits per heavy atom. The zero-order valence-electron chi connectivity index (χ0n) is 27.6. The molecule has 2 aromatic carbocycles. The van der Waals surface area contributed by atoms with E-state index in [0.717, 1.165) is 11.1 Å². The summed E-state index contributed by atoms with van der Waals surface area (Å²) in [6.45, 7) is 0.229. The number of halogens is 2. The Morgan fingerprint density at radius 3 is 1.24 bits per heavy atom. The molecule has 0 heterocycles. The minimum Gasteiger partial charge on any atom is -0.370 e. The summed E-state index contributed by atoms with van der Waals surface area (Å²) in [6, 6.07) is 13.3. The average Bonchev–Trinajstić information content (AvgIpc) is 3.09. The molecule has 17 heteroatoms. The fourth-order valence-corrected chi connectivity index (χ4v) is 5.44. The fraction of sp³-hybridized carbons (Fsp3) is 0.424. The Kier molecular flexibility index (Phi) is 17.9. The number of hydrogen-bond acceptors (Lipinski definition) is 9. The number of nitrogens with two attached hydrogens (primary N) is 6. The second-order valence-corrected chi connectivity index (χ2v) is 12.4. The number of aliphatic imine (C=N–C) groups is 2. The van der Waals surface area contributed by atoms with E-state index in [4.69, 9.17) is 57.6 Å². The summed E-state index contributed by atoms with van der Waals surface area (Å²) < 4.78 is 0. The maximum atomic E-state index is 13.6. The van der Waals surface area contributed by atoms with Crippen molar-refractivity contribution in [1.82, 2.24) is 10.6 Å². The lowest BCUT2D eigenvalue weighted by molar-refractivity contribution is -0.134. The minimum absolute atomic E-state index is 0.0143. The van der Waals surface area contributed by atoms with Gasteiger partial charge in [-0.05, 0) is 49.7 Å². The van der Waals surface area contributed by atoms with Gasteiger partial charge in [0.2, 0.25) is 11.8 Å². The van der Waals surface area contributed by atoms with Gasteiger partial charge >= 0.3 is 0 Å². The third-order valence-electron chi connectivity index (χ3n) is 7.48. The van der Waals surface area contributed by atoms with Crippen LogP contribution < -0.4 is 45.0 Å². The molecule has 2 rings (SSSR count). The molecule has 0 aliphatic rings.